The summed E-state index contributed by atoms with van der Waals surface area (Å²) < 4.78 is 26.1. The fraction of sp³-hybridized carbons (Fsp3) is 0.552. The maximum atomic E-state index is 13.7. The zero-order chi connectivity index (χ0) is 26.2. The molecule has 2 saturated heterocycles. The van der Waals surface area contributed by atoms with Crippen molar-refractivity contribution in [3.8, 4) is 5.69 Å². The van der Waals surface area contributed by atoms with Crippen molar-refractivity contribution in [1.29, 1.82) is 0 Å². The van der Waals surface area contributed by atoms with Crippen LogP contribution < -0.4 is 4.90 Å². The van der Waals surface area contributed by atoms with Gasteiger partial charge in [0.05, 0.1) is 35.7 Å². The number of methoxy groups -OCH3 is 2. The molecule has 9 heteroatoms. The van der Waals surface area contributed by atoms with E-state index < -0.39 is 5.97 Å². The third-order valence-electron chi connectivity index (χ3n) is 8.73. The van der Waals surface area contributed by atoms with Gasteiger partial charge in [-0.1, -0.05) is 6.42 Å². The summed E-state index contributed by atoms with van der Waals surface area (Å²) in [5.74, 6) is -0.410. The van der Waals surface area contributed by atoms with Crippen molar-refractivity contribution in [3.63, 3.8) is 0 Å². The molecule has 3 aliphatic rings. The minimum absolute atomic E-state index is 0.266. The van der Waals surface area contributed by atoms with Crippen LogP contribution in [0.4, 0.5) is 10.1 Å². The number of piperidine rings is 2. The highest BCUT2D eigenvalue weighted by Crippen LogP contribution is 2.43. The van der Waals surface area contributed by atoms with Crippen LogP contribution in [0.1, 0.15) is 67.0 Å². The number of esters is 1. The van der Waals surface area contributed by atoms with E-state index in [1.165, 1.54) is 25.7 Å². The Bertz CT molecular complexity index is 1290. The van der Waals surface area contributed by atoms with Crippen LogP contribution in [0.5, 0.6) is 0 Å². The van der Waals surface area contributed by atoms with Crippen molar-refractivity contribution < 1.29 is 18.7 Å². The van der Waals surface area contributed by atoms with Crippen molar-refractivity contribution in [2.75, 3.05) is 45.3 Å². The number of carbonyl (C=O) groups is 1. The molecule has 0 bridgehead atoms. The highest BCUT2D eigenvalue weighted by Gasteiger charge is 2.33. The summed E-state index contributed by atoms with van der Waals surface area (Å²) in [6.45, 7) is 3.98. The van der Waals surface area contributed by atoms with Crippen LogP contribution in [-0.4, -0.2) is 78.2 Å². The lowest BCUT2D eigenvalue weighted by Crippen LogP contribution is -2.48. The molecule has 6 rings (SSSR count). The first kappa shape index (κ1) is 25.2. The second-order valence-corrected chi connectivity index (χ2v) is 10.8. The number of aromatic nitrogens is 3. The standard InChI is InChI=1S/C29H36FN5O3/c1-37-23-12-16-33(17-13-23)21-10-14-34(15-11-21)25-18-24(29(36)38-2)31-28-26(25)27(19-4-3-5-19)32-35(28)22-8-6-20(30)7-9-22/h6-9,18-19,21,23H,3-5,10-17H2,1-2H3. The van der Waals surface area contributed by atoms with Gasteiger partial charge in [-0.3, -0.25) is 0 Å². The van der Waals surface area contributed by atoms with E-state index in [-0.39, 0.29) is 11.5 Å². The monoisotopic (exact) mass is 521 g/mol. The van der Waals surface area contributed by atoms with Crippen LogP contribution in [0, 0.1) is 5.82 Å². The summed E-state index contributed by atoms with van der Waals surface area (Å²) in [5, 5.41) is 6.03. The summed E-state index contributed by atoms with van der Waals surface area (Å²) >= 11 is 0. The second kappa shape index (κ2) is 10.6. The number of benzene rings is 1. The van der Waals surface area contributed by atoms with Gasteiger partial charge >= 0.3 is 5.97 Å². The fourth-order valence-electron chi connectivity index (χ4n) is 6.26. The number of hydrogen-bond acceptors (Lipinski definition) is 7. The topological polar surface area (TPSA) is 72.7 Å². The first-order valence-electron chi connectivity index (χ1n) is 13.9. The molecule has 0 unspecified atom stereocenters. The summed E-state index contributed by atoms with van der Waals surface area (Å²) in [5.41, 5.74) is 3.64. The Morgan fingerprint density at radius 3 is 2.29 bits per heavy atom. The lowest BCUT2D eigenvalue weighted by molar-refractivity contribution is 0.0233. The Kier molecular flexibility index (Phi) is 7.05. The van der Waals surface area contributed by atoms with Gasteiger partial charge in [0.1, 0.15) is 5.82 Å². The predicted octanol–water partition coefficient (Wildman–Crippen LogP) is 4.69. The number of fused-ring (bicyclic) bond motifs is 1. The van der Waals surface area contributed by atoms with Crippen LogP contribution >= 0.6 is 0 Å². The summed E-state index contributed by atoms with van der Waals surface area (Å²) in [4.78, 5) is 22.5. The van der Waals surface area contributed by atoms with E-state index >= 15 is 0 Å². The van der Waals surface area contributed by atoms with Gasteiger partial charge in [-0.05, 0) is 68.9 Å². The SMILES string of the molecule is COC(=O)c1cc(N2CCC(N3CCC(OC)CC3)CC2)c2c(C3CCC3)nn(-c3ccc(F)cc3)c2n1. The Hall–Kier alpha value is -3.04. The van der Waals surface area contributed by atoms with Crippen molar-refractivity contribution in [3.05, 3.63) is 47.5 Å². The minimum atomic E-state index is -0.471. The molecular weight excluding hydrogens is 485 g/mol. The Morgan fingerprint density at radius 1 is 0.974 bits per heavy atom. The minimum Gasteiger partial charge on any atom is -0.464 e. The van der Waals surface area contributed by atoms with Gasteiger partial charge in [0, 0.05) is 45.2 Å². The molecule has 2 aliphatic heterocycles. The van der Waals surface area contributed by atoms with E-state index in [0.29, 0.717) is 23.7 Å². The highest BCUT2D eigenvalue weighted by molar-refractivity contribution is 5.99. The van der Waals surface area contributed by atoms with Gasteiger partial charge in [-0.2, -0.15) is 5.10 Å². The molecule has 2 aromatic heterocycles. The Balaban J connectivity index is 1.37. The van der Waals surface area contributed by atoms with E-state index in [9.17, 15) is 9.18 Å². The number of likely N-dealkylation sites (tertiary alicyclic amines) is 1. The van der Waals surface area contributed by atoms with Crippen LogP contribution in [-0.2, 0) is 9.47 Å². The molecule has 3 fully saturated rings. The third-order valence-corrected chi connectivity index (χ3v) is 8.73. The predicted molar refractivity (Wildman–Crippen MR) is 144 cm³/mol. The fourth-order valence-corrected chi connectivity index (χ4v) is 6.26. The van der Waals surface area contributed by atoms with E-state index in [4.69, 9.17) is 19.6 Å². The Labute approximate surface area is 222 Å². The highest BCUT2D eigenvalue weighted by atomic mass is 19.1. The number of hydrogen-bond donors (Lipinski definition) is 0. The molecule has 8 nitrogen and oxygen atoms in total. The van der Waals surface area contributed by atoms with Gasteiger partial charge in [0.25, 0.3) is 0 Å². The van der Waals surface area contributed by atoms with E-state index in [2.05, 4.69) is 9.80 Å². The van der Waals surface area contributed by atoms with Gasteiger partial charge in [0.2, 0.25) is 0 Å². The summed E-state index contributed by atoms with van der Waals surface area (Å²) in [6, 6.07) is 8.72. The first-order chi connectivity index (χ1) is 18.6. The Morgan fingerprint density at radius 2 is 1.68 bits per heavy atom. The van der Waals surface area contributed by atoms with E-state index in [1.54, 1.807) is 16.8 Å². The smallest absolute Gasteiger partial charge is 0.356 e. The quantitative estimate of drug-likeness (QED) is 0.436. The maximum Gasteiger partial charge on any atom is 0.356 e. The van der Waals surface area contributed by atoms with Gasteiger partial charge < -0.3 is 19.3 Å². The summed E-state index contributed by atoms with van der Waals surface area (Å²) in [6.07, 6.45) is 8.08. The van der Waals surface area contributed by atoms with Crippen LogP contribution in [0.3, 0.4) is 0 Å². The van der Waals surface area contributed by atoms with Crippen molar-refractivity contribution in [2.24, 2.45) is 0 Å². The molecule has 0 spiro atoms. The number of halogens is 1. The zero-order valence-electron chi connectivity index (χ0n) is 22.2. The largest absolute Gasteiger partial charge is 0.464 e. The number of rotatable bonds is 6. The average molecular weight is 522 g/mol. The molecule has 0 N–H and O–H groups in total. The number of pyridine rings is 1. The molecule has 0 radical (unpaired) electrons. The van der Waals surface area contributed by atoms with Crippen molar-refractivity contribution in [2.45, 2.75) is 63.0 Å². The average Bonchev–Trinajstić information content (AvgIpc) is 3.30. The van der Waals surface area contributed by atoms with Crippen molar-refractivity contribution in [1.82, 2.24) is 19.7 Å². The van der Waals surface area contributed by atoms with Crippen LogP contribution in [0.25, 0.3) is 16.7 Å². The van der Waals surface area contributed by atoms with Crippen LogP contribution in [0.15, 0.2) is 30.3 Å². The number of nitrogens with zero attached hydrogens (tertiary/aromatic N) is 5. The van der Waals surface area contributed by atoms with Gasteiger partial charge in [0.15, 0.2) is 11.3 Å². The number of ether oxygens (including phenoxy) is 2. The zero-order valence-corrected chi connectivity index (χ0v) is 22.2. The van der Waals surface area contributed by atoms with E-state index in [0.717, 1.165) is 87.2 Å². The molecule has 1 aromatic carbocycles. The van der Waals surface area contributed by atoms with Crippen LogP contribution in [0.2, 0.25) is 0 Å². The van der Waals surface area contributed by atoms with Crippen molar-refractivity contribution >= 4 is 22.7 Å². The molecular formula is C29H36FN5O3. The van der Waals surface area contributed by atoms with E-state index in [1.807, 2.05) is 13.2 Å². The van der Waals surface area contributed by atoms with Gasteiger partial charge in [-0.25, -0.2) is 18.9 Å². The molecule has 0 amide bonds. The third kappa shape index (κ3) is 4.66. The molecule has 0 atom stereocenters. The first-order valence-corrected chi connectivity index (χ1v) is 13.9. The molecule has 1 aliphatic carbocycles. The molecule has 1 saturated carbocycles. The van der Waals surface area contributed by atoms with Gasteiger partial charge in [-0.15, -0.1) is 0 Å². The lowest BCUT2D eigenvalue weighted by Gasteiger charge is -2.42. The number of anilines is 1. The number of carbonyl (C=O) groups excluding carboxylic acids is 1. The molecule has 202 valence electrons. The molecule has 4 heterocycles. The second-order valence-electron chi connectivity index (χ2n) is 10.8. The summed E-state index contributed by atoms with van der Waals surface area (Å²) in [7, 11) is 3.19. The molecule has 38 heavy (non-hydrogen) atoms. The maximum absolute atomic E-state index is 13.7. The normalized spacial score (nSPS) is 20.1. The lowest BCUT2D eigenvalue weighted by atomic mass is 9.82. The molecule has 3 aromatic rings.